The van der Waals surface area contributed by atoms with Gasteiger partial charge in [0.1, 0.15) is 11.6 Å². The number of Topliss-reactive ketones (excluding diaryl/α,β-unsaturated/α-hetero) is 1. The minimum atomic E-state index is -0.293. The van der Waals surface area contributed by atoms with Crippen LogP contribution >= 0.6 is 15.9 Å². The van der Waals surface area contributed by atoms with Crippen LogP contribution < -0.4 is 0 Å². The highest BCUT2D eigenvalue weighted by molar-refractivity contribution is 9.10. The third-order valence-corrected chi connectivity index (χ3v) is 5.45. The fourth-order valence-electron chi connectivity index (χ4n) is 3.12. The minimum Gasteiger partial charge on any atom is -0.299 e. The van der Waals surface area contributed by atoms with E-state index in [2.05, 4.69) is 29.8 Å². The molecule has 1 aromatic carbocycles. The first kappa shape index (κ1) is 15.7. The number of carbonyl (C=O) groups excluding carboxylic acids is 1. The van der Waals surface area contributed by atoms with Crippen LogP contribution in [0.2, 0.25) is 0 Å². The lowest BCUT2D eigenvalue weighted by molar-refractivity contribution is -0.123. The molecule has 1 nitrogen and oxygen atoms in total. The van der Waals surface area contributed by atoms with Gasteiger partial charge in [0.05, 0.1) is 4.47 Å². The van der Waals surface area contributed by atoms with Crippen LogP contribution in [0.15, 0.2) is 22.7 Å². The third kappa shape index (κ3) is 3.69. The first-order valence-electron chi connectivity index (χ1n) is 7.44. The molecule has 0 aliphatic heterocycles. The van der Waals surface area contributed by atoms with Crippen LogP contribution in [-0.4, -0.2) is 5.78 Å². The molecule has 110 valence electrons. The van der Waals surface area contributed by atoms with E-state index in [1.54, 1.807) is 6.07 Å². The quantitative estimate of drug-likeness (QED) is 0.739. The lowest BCUT2D eigenvalue weighted by Gasteiger charge is -2.30. The van der Waals surface area contributed by atoms with E-state index in [0.717, 1.165) is 37.2 Å². The van der Waals surface area contributed by atoms with Crippen molar-refractivity contribution in [3.8, 4) is 0 Å². The van der Waals surface area contributed by atoms with Crippen LogP contribution in [0.1, 0.15) is 45.1 Å². The van der Waals surface area contributed by atoms with Gasteiger partial charge in [0.25, 0.3) is 0 Å². The molecular weight excluding hydrogens is 319 g/mol. The molecule has 0 aromatic heterocycles. The maximum absolute atomic E-state index is 13.5. The number of hydrogen-bond acceptors (Lipinski definition) is 1. The van der Waals surface area contributed by atoms with Crippen molar-refractivity contribution in [2.45, 2.75) is 46.0 Å². The van der Waals surface area contributed by atoms with Gasteiger partial charge in [-0.2, -0.15) is 0 Å². The van der Waals surface area contributed by atoms with E-state index in [9.17, 15) is 9.18 Å². The Bertz CT molecular complexity index is 476. The first-order chi connectivity index (χ1) is 9.49. The molecule has 2 rings (SSSR count). The summed E-state index contributed by atoms with van der Waals surface area (Å²) in [6, 6.07) is 4.90. The summed E-state index contributed by atoms with van der Waals surface area (Å²) in [7, 11) is 0. The van der Waals surface area contributed by atoms with Gasteiger partial charge in [0, 0.05) is 12.3 Å². The lowest BCUT2D eigenvalue weighted by Crippen LogP contribution is -2.25. The molecule has 20 heavy (non-hydrogen) atoms. The highest BCUT2D eigenvalue weighted by Gasteiger charge is 2.27. The third-order valence-electron chi connectivity index (χ3n) is 4.57. The second-order valence-electron chi connectivity index (χ2n) is 6.21. The zero-order valence-electron chi connectivity index (χ0n) is 12.2. The molecule has 0 atom stereocenters. The van der Waals surface area contributed by atoms with Gasteiger partial charge in [-0.25, -0.2) is 4.39 Å². The Labute approximate surface area is 129 Å². The smallest absolute Gasteiger partial charge is 0.140 e. The number of carbonyl (C=O) groups is 1. The predicted octanol–water partition coefficient (Wildman–Crippen LogP) is 5.16. The van der Waals surface area contributed by atoms with Crippen molar-refractivity contribution >= 4 is 21.7 Å². The van der Waals surface area contributed by atoms with Crippen molar-refractivity contribution in [2.75, 3.05) is 0 Å². The van der Waals surface area contributed by atoms with E-state index in [0.29, 0.717) is 16.8 Å². The first-order valence-corrected chi connectivity index (χ1v) is 8.24. The summed E-state index contributed by atoms with van der Waals surface area (Å²) in [5.74, 6) is 1.61. The maximum Gasteiger partial charge on any atom is 0.140 e. The van der Waals surface area contributed by atoms with Crippen molar-refractivity contribution in [3.63, 3.8) is 0 Å². The molecule has 0 saturated heterocycles. The maximum atomic E-state index is 13.5. The average Bonchev–Trinajstić information content (AvgIpc) is 2.44. The van der Waals surface area contributed by atoms with Crippen molar-refractivity contribution in [3.05, 3.63) is 34.1 Å². The van der Waals surface area contributed by atoms with E-state index < -0.39 is 0 Å². The van der Waals surface area contributed by atoms with Crippen LogP contribution in [0.5, 0.6) is 0 Å². The summed E-state index contributed by atoms with van der Waals surface area (Å²) < 4.78 is 13.9. The molecule has 0 spiro atoms. The van der Waals surface area contributed by atoms with Gasteiger partial charge in [0.15, 0.2) is 0 Å². The second kappa shape index (κ2) is 6.84. The Morgan fingerprint density at radius 3 is 2.55 bits per heavy atom. The highest BCUT2D eigenvalue weighted by atomic mass is 79.9. The molecule has 1 fully saturated rings. The molecule has 0 N–H and O–H groups in total. The SMILES string of the molecule is CC(C)C1CCC(C(=O)Cc2cccc(F)c2Br)CC1. The Morgan fingerprint density at radius 1 is 1.30 bits per heavy atom. The van der Waals surface area contributed by atoms with Gasteiger partial charge >= 0.3 is 0 Å². The Kier molecular flexibility index (Phi) is 5.36. The van der Waals surface area contributed by atoms with Crippen LogP contribution in [0.3, 0.4) is 0 Å². The summed E-state index contributed by atoms with van der Waals surface area (Å²) in [6.07, 6.45) is 4.63. The normalized spacial score (nSPS) is 23.1. The standard InChI is InChI=1S/C17H22BrFO/c1-11(2)12-6-8-13(9-7-12)16(20)10-14-4-3-5-15(19)17(14)18/h3-5,11-13H,6-10H2,1-2H3. The van der Waals surface area contributed by atoms with Crippen molar-refractivity contribution in [2.24, 2.45) is 17.8 Å². The molecule has 0 bridgehead atoms. The number of hydrogen-bond donors (Lipinski definition) is 0. The summed E-state index contributed by atoms with van der Waals surface area (Å²) in [6.45, 7) is 4.52. The average molecular weight is 341 g/mol. The van der Waals surface area contributed by atoms with Gasteiger partial charge in [-0.15, -0.1) is 0 Å². The number of rotatable bonds is 4. The summed E-state index contributed by atoms with van der Waals surface area (Å²) in [5, 5.41) is 0. The molecule has 0 heterocycles. The highest BCUT2D eigenvalue weighted by Crippen LogP contribution is 2.34. The van der Waals surface area contributed by atoms with E-state index in [4.69, 9.17) is 0 Å². The van der Waals surface area contributed by atoms with E-state index in [-0.39, 0.29) is 17.5 Å². The van der Waals surface area contributed by atoms with E-state index in [1.165, 1.54) is 6.07 Å². The van der Waals surface area contributed by atoms with E-state index >= 15 is 0 Å². The fourth-order valence-corrected chi connectivity index (χ4v) is 3.53. The van der Waals surface area contributed by atoms with Gasteiger partial charge in [-0.05, 0) is 65.1 Å². The van der Waals surface area contributed by atoms with Crippen LogP contribution in [-0.2, 0) is 11.2 Å². The monoisotopic (exact) mass is 340 g/mol. The van der Waals surface area contributed by atoms with Crippen molar-refractivity contribution < 1.29 is 9.18 Å². The molecule has 3 heteroatoms. The minimum absolute atomic E-state index is 0.167. The molecule has 0 unspecified atom stereocenters. The Hall–Kier alpha value is -0.700. The zero-order chi connectivity index (χ0) is 14.7. The largest absolute Gasteiger partial charge is 0.299 e. The predicted molar refractivity (Wildman–Crippen MR) is 83.1 cm³/mol. The number of benzene rings is 1. The summed E-state index contributed by atoms with van der Waals surface area (Å²) in [4.78, 5) is 12.4. The summed E-state index contributed by atoms with van der Waals surface area (Å²) in [5.41, 5.74) is 0.765. The summed E-state index contributed by atoms with van der Waals surface area (Å²) >= 11 is 3.23. The molecule has 1 aromatic rings. The van der Waals surface area contributed by atoms with Gasteiger partial charge in [0.2, 0.25) is 0 Å². The number of ketones is 1. The molecule has 1 aliphatic carbocycles. The molecule has 1 aliphatic rings. The van der Waals surface area contributed by atoms with E-state index in [1.807, 2.05) is 6.07 Å². The fraction of sp³-hybridized carbons (Fsp3) is 0.588. The Morgan fingerprint density at radius 2 is 1.95 bits per heavy atom. The topological polar surface area (TPSA) is 17.1 Å². The lowest BCUT2D eigenvalue weighted by atomic mass is 9.75. The van der Waals surface area contributed by atoms with Gasteiger partial charge < -0.3 is 0 Å². The molecule has 0 radical (unpaired) electrons. The molecular formula is C17H22BrFO. The molecule has 1 saturated carbocycles. The van der Waals surface area contributed by atoms with Gasteiger partial charge in [-0.1, -0.05) is 26.0 Å². The van der Waals surface area contributed by atoms with Crippen LogP contribution in [0, 0.1) is 23.6 Å². The van der Waals surface area contributed by atoms with Crippen LogP contribution in [0.25, 0.3) is 0 Å². The van der Waals surface area contributed by atoms with Crippen molar-refractivity contribution in [1.29, 1.82) is 0 Å². The van der Waals surface area contributed by atoms with Gasteiger partial charge in [-0.3, -0.25) is 4.79 Å². The zero-order valence-corrected chi connectivity index (χ0v) is 13.7. The van der Waals surface area contributed by atoms with Crippen LogP contribution in [0.4, 0.5) is 4.39 Å². The Balaban J connectivity index is 1.95. The van der Waals surface area contributed by atoms with Crippen molar-refractivity contribution in [1.82, 2.24) is 0 Å². The molecule has 0 amide bonds. The second-order valence-corrected chi connectivity index (χ2v) is 7.00. The number of halogens is 2.